The van der Waals surface area contributed by atoms with Crippen LogP contribution in [0.5, 0.6) is 0 Å². The normalized spacial score (nSPS) is 26.1. The standard InChI is InChI=1S/C14H19NO3/c1-10(14(17)18)15-7-12(9-16)13(8-15)11-5-3-2-4-6-11/h2-6,10,12-13,16H,7-9H2,1H3,(H,17,18)/t10-,12?,13?/m1/s1. The lowest BCUT2D eigenvalue weighted by atomic mass is 9.90. The summed E-state index contributed by atoms with van der Waals surface area (Å²) in [6.07, 6.45) is 0. The molecule has 2 rings (SSSR count). The van der Waals surface area contributed by atoms with Gasteiger partial charge in [0.25, 0.3) is 0 Å². The minimum Gasteiger partial charge on any atom is -0.480 e. The summed E-state index contributed by atoms with van der Waals surface area (Å²) < 4.78 is 0. The number of carbonyl (C=O) groups is 1. The molecule has 4 nitrogen and oxygen atoms in total. The molecule has 1 heterocycles. The molecule has 1 fully saturated rings. The first-order valence-electron chi connectivity index (χ1n) is 6.26. The van der Waals surface area contributed by atoms with Crippen LogP contribution in [0.1, 0.15) is 18.4 Å². The Hall–Kier alpha value is -1.39. The van der Waals surface area contributed by atoms with Crippen LogP contribution in [0.2, 0.25) is 0 Å². The first-order chi connectivity index (χ1) is 8.63. The second-order valence-electron chi connectivity index (χ2n) is 4.93. The van der Waals surface area contributed by atoms with E-state index in [1.807, 2.05) is 35.2 Å². The first kappa shape index (κ1) is 13.1. The van der Waals surface area contributed by atoms with Gasteiger partial charge in [-0.3, -0.25) is 9.69 Å². The predicted molar refractivity (Wildman–Crippen MR) is 68.4 cm³/mol. The Labute approximate surface area is 107 Å². The summed E-state index contributed by atoms with van der Waals surface area (Å²) in [5.74, 6) is -0.465. The highest BCUT2D eigenvalue weighted by atomic mass is 16.4. The topological polar surface area (TPSA) is 60.8 Å². The molecule has 2 unspecified atom stereocenters. The Morgan fingerprint density at radius 1 is 1.39 bits per heavy atom. The van der Waals surface area contributed by atoms with Crippen molar-refractivity contribution in [1.82, 2.24) is 4.90 Å². The van der Waals surface area contributed by atoms with E-state index in [-0.39, 0.29) is 18.4 Å². The molecule has 0 aliphatic carbocycles. The van der Waals surface area contributed by atoms with Gasteiger partial charge in [-0.05, 0) is 12.5 Å². The second-order valence-corrected chi connectivity index (χ2v) is 4.93. The van der Waals surface area contributed by atoms with Crippen LogP contribution in [0.4, 0.5) is 0 Å². The van der Waals surface area contributed by atoms with Gasteiger partial charge in [-0.2, -0.15) is 0 Å². The minimum absolute atomic E-state index is 0.0996. The third-order valence-electron chi connectivity index (χ3n) is 3.84. The van der Waals surface area contributed by atoms with Crippen LogP contribution in [-0.2, 0) is 4.79 Å². The highest BCUT2D eigenvalue weighted by molar-refractivity contribution is 5.73. The van der Waals surface area contributed by atoms with Gasteiger partial charge in [0.1, 0.15) is 6.04 Å². The van der Waals surface area contributed by atoms with Crippen molar-refractivity contribution in [3.05, 3.63) is 35.9 Å². The molecule has 1 aromatic rings. The van der Waals surface area contributed by atoms with Crippen LogP contribution in [0.25, 0.3) is 0 Å². The van der Waals surface area contributed by atoms with Crippen molar-refractivity contribution >= 4 is 5.97 Å². The van der Waals surface area contributed by atoms with E-state index in [0.717, 1.165) is 0 Å². The van der Waals surface area contributed by atoms with E-state index >= 15 is 0 Å². The number of rotatable bonds is 4. The maximum Gasteiger partial charge on any atom is 0.320 e. The summed E-state index contributed by atoms with van der Waals surface area (Å²) in [6.45, 7) is 3.14. The van der Waals surface area contributed by atoms with Crippen LogP contribution < -0.4 is 0 Å². The predicted octanol–water partition coefficient (Wildman–Crippen LogP) is 1.17. The Kier molecular flexibility index (Phi) is 3.99. The highest BCUT2D eigenvalue weighted by Gasteiger charge is 2.37. The van der Waals surface area contributed by atoms with E-state index in [0.29, 0.717) is 13.1 Å². The zero-order valence-corrected chi connectivity index (χ0v) is 10.5. The second kappa shape index (κ2) is 5.50. The fraction of sp³-hybridized carbons (Fsp3) is 0.500. The van der Waals surface area contributed by atoms with Gasteiger partial charge in [-0.1, -0.05) is 30.3 Å². The van der Waals surface area contributed by atoms with Gasteiger partial charge in [0.15, 0.2) is 0 Å². The minimum atomic E-state index is -0.805. The molecular formula is C14H19NO3. The van der Waals surface area contributed by atoms with Crippen molar-refractivity contribution in [2.24, 2.45) is 5.92 Å². The fourth-order valence-corrected chi connectivity index (χ4v) is 2.64. The Balaban J connectivity index is 2.15. The van der Waals surface area contributed by atoms with Crippen LogP contribution in [0, 0.1) is 5.92 Å². The zero-order chi connectivity index (χ0) is 13.1. The van der Waals surface area contributed by atoms with Gasteiger partial charge in [0.2, 0.25) is 0 Å². The van der Waals surface area contributed by atoms with E-state index in [9.17, 15) is 9.90 Å². The third-order valence-corrected chi connectivity index (χ3v) is 3.84. The SMILES string of the molecule is C[C@H](C(=O)O)N1CC(CO)C(c2ccccc2)C1. The number of aliphatic hydroxyl groups excluding tert-OH is 1. The number of aliphatic hydroxyl groups is 1. The Bertz CT molecular complexity index is 407. The number of carboxylic acid groups (broad SMARTS) is 1. The van der Waals surface area contributed by atoms with Gasteiger partial charge in [-0.15, -0.1) is 0 Å². The number of carboxylic acids is 1. The molecule has 1 aliphatic rings. The van der Waals surface area contributed by atoms with Crippen molar-refractivity contribution < 1.29 is 15.0 Å². The molecule has 0 aromatic heterocycles. The fourth-order valence-electron chi connectivity index (χ4n) is 2.64. The van der Waals surface area contributed by atoms with E-state index in [1.54, 1.807) is 6.92 Å². The largest absolute Gasteiger partial charge is 0.480 e. The number of likely N-dealkylation sites (tertiary alicyclic amines) is 1. The van der Waals surface area contributed by atoms with E-state index in [1.165, 1.54) is 5.56 Å². The molecular weight excluding hydrogens is 230 g/mol. The number of hydrogen-bond donors (Lipinski definition) is 2. The van der Waals surface area contributed by atoms with Gasteiger partial charge in [-0.25, -0.2) is 0 Å². The smallest absolute Gasteiger partial charge is 0.320 e. The summed E-state index contributed by atoms with van der Waals surface area (Å²) in [5, 5.41) is 18.5. The molecule has 0 bridgehead atoms. The van der Waals surface area contributed by atoms with Crippen molar-refractivity contribution in [1.29, 1.82) is 0 Å². The van der Waals surface area contributed by atoms with Gasteiger partial charge in [0, 0.05) is 31.5 Å². The van der Waals surface area contributed by atoms with E-state index < -0.39 is 12.0 Å². The van der Waals surface area contributed by atoms with Crippen LogP contribution in [0.15, 0.2) is 30.3 Å². The Morgan fingerprint density at radius 3 is 2.61 bits per heavy atom. The highest BCUT2D eigenvalue weighted by Crippen LogP contribution is 2.33. The molecule has 18 heavy (non-hydrogen) atoms. The molecule has 1 saturated heterocycles. The van der Waals surface area contributed by atoms with Crippen molar-refractivity contribution in [2.45, 2.75) is 18.9 Å². The maximum absolute atomic E-state index is 11.0. The van der Waals surface area contributed by atoms with Gasteiger partial charge >= 0.3 is 5.97 Å². The molecule has 3 atom stereocenters. The van der Waals surface area contributed by atoms with Crippen molar-refractivity contribution in [3.8, 4) is 0 Å². The quantitative estimate of drug-likeness (QED) is 0.841. The first-order valence-corrected chi connectivity index (χ1v) is 6.26. The van der Waals surface area contributed by atoms with Crippen molar-refractivity contribution in [2.75, 3.05) is 19.7 Å². The summed E-state index contributed by atoms with van der Waals surface area (Å²) in [6, 6.07) is 9.52. The average molecular weight is 249 g/mol. The maximum atomic E-state index is 11.0. The molecule has 2 N–H and O–H groups in total. The monoisotopic (exact) mass is 249 g/mol. The van der Waals surface area contributed by atoms with E-state index in [4.69, 9.17) is 5.11 Å². The van der Waals surface area contributed by atoms with Crippen LogP contribution in [0.3, 0.4) is 0 Å². The lowest BCUT2D eigenvalue weighted by Crippen LogP contribution is -2.37. The number of benzene rings is 1. The number of hydrogen-bond acceptors (Lipinski definition) is 3. The summed E-state index contributed by atoms with van der Waals surface area (Å²) in [5.41, 5.74) is 1.18. The Morgan fingerprint density at radius 2 is 2.06 bits per heavy atom. The summed E-state index contributed by atoms with van der Waals surface area (Å²) >= 11 is 0. The van der Waals surface area contributed by atoms with Crippen molar-refractivity contribution in [3.63, 3.8) is 0 Å². The third kappa shape index (κ3) is 2.54. The van der Waals surface area contributed by atoms with Crippen LogP contribution in [-0.4, -0.2) is 46.8 Å². The average Bonchev–Trinajstić information content (AvgIpc) is 2.82. The summed E-state index contributed by atoms with van der Waals surface area (Å²) in [4.78, 5) is 13.0. The molecule has 1 aromatic carbocycles. The number of nitrogens with zero attached hydrogens (tertiary/aromatic N) is 1. The molecule has 0 amide bonds. The molecule has 98 valence electrons. The molecule has 1 aliphatic heterocycles. The van der Waals surface area contributed by atoms with Crippen LogP contribution >= 0.6 is 0 Å². The zero-order valence-electron chi connectivity index (χ0n) is 10.5. The number of aliphatic carboxylic acids is 1. The lowest BCUT2D eigenvalue weighted by molar-refractivity contribution is -0.142. The molecule has 0 radical (unpaired) electrons. The summed E-state index contributed by atoms with van der Waals surface area (Å²) in [7, 11) is 0. The van der Waals surface area contributed by atoms with Gasteiger partial charge < -0.3 is 10.2 Å². The molecule has 0 spiro atoms. The molecule has 0 saturated carbocycles. The van der Waals surface area contributed by atoms with Gasteiger partial charge in [0.05, 0.1) is 0 Å². The lowest BCUT2D eigenvalue weighted by Gasteiger charge is -2.20. The van der Waals surface area contributed by atoms with E-state index in [2.05, 4.69) is 0 Å². The molecule has 4 heteroatoms.